The molecule has 0 amide bonds. The molecule has 0 aromatic heterocycles. The summed E-state index contributed by atoms with van der Waals surface area (Å²) in [6.45, 7) is 0.712. The van der Waals surface area contributed by atoms with Gasteiger partial charge in [0.15, 0.2) is 0 Å². The first-order chi connectivity index (χ1) is 6.70. The SMILES string of the molecule is CN1C(=N)NCc2ccccc2N1C. The number of hydrazine groups is 1. The normalized spacial score (nSPS) is 16.0. The van der Waals surface area contributed by atoms with E-state index in [2.05, 4.69) is 17.4 Å². The number of hydrogen-bond donors (Lipinski definition) is 2. The highest BCUT2D eigenvalue weighted by atomic mass is 15.6. The van der Waals surface area contributed by atoms with Gasteiger partial charge < -0.3 is 5.32 Å². The van der Waals surface area contributed by atoms with E-state index in [1.54, 1.807) is 5.01 Å². The second-order valence-electron chi connectivity index (χ2n) is 3.38. The third-order valence-electron chi connectivity index (χ3n) is 2.56. The smallest absolute Gasteiger partial charge is 0.210 e. The third-order valence-corrected chi connectivity index (χ3v) is 2.56. The molecule has 0 radical (unpaired) electrons. The molecule has 4 heteroatoms. The average molecular weight is 190 g/mol. The summed E-state index contributed by atoms with van der Waals surface area (Å²) in [4.78, 5) is 0. The van der Waals surface area contributed by atoms with Gasteiger partial charge in [0.1, 0.15) is 0 Å². The molecule has 1 aliphatic rings. The van der Waals surface area contributed by atoms with E-state index < -0.39 is 0 Å². The molecule has 4 nitrogen and oxygen atoms in total. The predicted molar refractivity (Wildman–Crippen MR) is 57.2 cm³/mol. The van der Waals surface area contributed by atoms with Gasteiger partial charge >= 0.3 is 0 Å². The fourth-order valence-corrected chi connectivity index (χ4v) is 1.58. The molecule has 1 aromatic rings. The minimum atomic E-state index is 0.420. The lowest BCUT2D eigenvalue weighted by atomic mass is 10.2. The van der Waals surface area contributed by atoms with Crippen molar-refractivity contribution in [3.8, 4) is 0 Å². The van der Waals surface area contributed by atoms with Gasteiger partial charge in [-0.1, -0.05) is 18.2 Å². The molecule has 1 heterocycles. The Morgan fingerprint density at radius 1 is 1.21 bits per heavy atom. The third kappa shape index (κ3) is 1.28. The first kappa shape index (κ1) is 8.87. The van der Waals surface area contributed by atoms with Crippen molar-refractivity contribution in [2.24, 2.45) is 0 Å². The number of fused-ring (bicyclic) bond motifs is 1. The van der Waals surface area contributed by atoms with Crippen molar-refractivity contribution in [3.63, 3.8) is 0 Å². The van der Waals surface area contributed by atoms with Crippen LogP contribution >= 0.6 is 0 Å². The second kappa shape index (κ2) is 3.21. The van der Waals surface area contributed by atoms with Gasteiger partial charge in [-0.2, -0.15) is 0 Å². The van der Waals surface area contributed by atoms with E-state index in [4.69, 9.17) is 5.41 Å². The number of para-hydroxylation sites is 1. The van der Waals surface area contributed by atoms with Crippen molar-refractivity contribution in [1.29, 1.82) is 5.41 Å². The van der Waals surface area contributed by atoms with E-state index in [9.17, 15) is 0 Å². The van der Waals surface area contributed by atoms with E-state index >= 15 is 0 Å². The maximum absolute atomic E-state index is 7.71. The van der Waals surface area contributed by atoms with Crippen LogP contribution in [0.15, 0.2) is 24.3 Å². The summed E-state index contributed by atoms with van der Waals surface area (Å²) in [5.74, 6) is 0.420. The Morgan fingerprint density at radius 3 is 2.71 bits per heavy atom. The van der Waals surface area contributed by atoms with Gasteiger partial charge in [0, 0.05) is 20.6 Å². The number of anilines is 1. The van der Waals surface area contributed by atoms with Crippen LogP contribution in [0.2, 0.25) is 0 Å². The Bertz CT molecular complexity index is 361. The molecule has 0 bridgehead atoms. The van der Waals surface area contributed by atoms with E-state index in [-0.39, 0.29) is 0 Å². The second-order valence-corrected chi connectivity index (χ2v) is 3.38. The monoisotopic (exact) mass is 190 g/mol. The largest absolute Gasteiger partial charge is 0.351 e. The number of nitrogens with one attached hydrogen (secondary N) is 2. The van der Waals surface area contributed by atoms with Gasteiger partial charge in [0.25, 0.3) is 0 Å². The Balaban J connectivity index is 2.45. The molecule has 0 unspecified atom stereocenters. The van der Waals surface area contributed by atoms with Crippen molar-refractivity contribution in [1.82, 2.24) is 10.3 Å². The molecule has 0 saturated heterocycles. The van der Waals surface area contributed by atoms with Crippen molar-refractivity contribution in [2.75, 3.05) is 19.1 Å². The molecule has 0 atom stereocenters. The Kier molecular flexibility index (Phi) is 2.04. The van der Waals surface area contributed by atoms with Crippen molar-refractivity contribution < 1.29 is 0 Å². The molecule has 2 N–H and O–H groups in total. The highest BCUT2D eigenvalue weighted by Crippen LogP contribution is 2.21. The number of nitrogens with zero attached hydrogens (tertiary/aromatic N) is 2. The standard InChI is InChI=1S/C10H14N4/c1-13-9-6-4-3-5-8(9)7-12-10(11)14(13)2/h3-6H,7H2,1-2H3,(H2,11,12). The van der Waals surface area contributed by atoms with E-state index in [0.717, 1.165) is 5.69 Å². The van der Waals surface area contributed by atoms with Gasteiger partial charge in [0.2, 0.25) is 5.96 Å². The molecule has 1 aromatic carbocycles. The number of hydrogen-bond acceptors (Lipinski definition) is 2. The fourth-order valence-electron chi connectivity index (χ4n) is 1.58. The molecular formula is C10H14N4. The number of guanidine groups is 1. The van der Waals surface area contributed by atoms with Crippen LogP contribution in [0.25, 0.3) is 0 Å². The summed E-state index contributed by atoms with van der Waals surface area (Å²) >= 11 is 0. The zero-order valence-electron chi connectivity index (χ0n) is 8.41. The molecule has 14 heavy (non-hydrogen) atoms. The van der Waals surface area contributed by atoms with Crippen LogP contribution in [-0.4, -0.2) is 25.1 Å². The van der Waals surface area contributed by atoms with Gasteiger partial charge in [-0.25, -0.2) is 0 Å². The lowest BCUT2D eigenvalue weighted by Gasteiger charge is -2.29. The lowest BCUT2D eigenvalue weighted by Crippen LogP contribution is -2.44. The van der Waals surface area contributed by atoms with Gasteiger partial charge in [-0.05, 0) is 11.6 Å². The molecular weight excluding hydrogens is 176 g/mol. The molecule has 1 aliphatic heterocycles. The van der Waals surface area contributed by atoms with Crippen molar-refractivity contribution >= 4 is 11.6 Å². The molecule has 0 fully saturated rings. The van der Waals surface area contributed by atoms with Crippen LogP contribution in [0.1, 0.15) is 5.56 Å². The quantitative estimate of drug-likeness (QED) is 0.641. The maximum atomic E-state index is 7.71. The average Bonchev–Trinajstić information content (AvgIpc) is 2.32. The van der Waals surface area contributed by atoms with Crippen LogP contribution in [0, 0.1) is 5.41 Å². The Hall–Kier alpha value is -1.71. The number of rotatable bonds is 0. The predicted octanol–water partition coefficient (Wildman–Crippen LogP) is 1.01. The summed E-state index contributed by atoms with van der Waals surface area (Å²) in [6, 6.07) is 8.17. The van der Waals surface area contributed by atoms with E-state index in [1.165, 1.54) is 5.56 Å². The van der Waals surface area contributed by atoms with Crippen molar-refractivity contribution in [3.05, 3.63) is 29.8 Å². The molecule has 0 saturated carbocycles. The van der Waals surface area contributed by atoms with Crippen LogP contribution in [0.5, 0.6) is 0 Å². The van der Waals surface area contributed by atoms with Gasteiger partial charge in [-0.3, -0.25) is 15.4 Å². The minimum absolute atomic E-state index is 0.420. The summed E-state index contributed by atoms with van der Waals surface area (Å²) in [7, 11) is 3.83. The Morgan fingerprint density at radius 2 is 1.93 bits per heavy atom. The zero-order chi connectivity index (χ0) is 10.1. The highest BCUT2D eigenvalue weighted by molar-refractivity contribution is 5.80. The van der Waals surface area contributed by atoms with Crippen LogP contribution in [0.3, 0.4) is 0 Å². The summed E-state index contributed by atoms with van der Waals surface area (Å²) in [6.07, 6.45) is 0. The summed E-state index contributed by atoms with van der Waals surface area (Å²) in [5, 5.41) is 14.5. The molecule has 0 spiro atoms. The van der Waals surface area contributed by atoms with Crippen molar-refractivity contribution in [2.45, 2.75) is 6.54 Å². The first-order valence-electron chi connectivity index (χ1n) is 4.58. The van der Waals surface area contributed by atoms with Gasteiger partial charge in [0.05, 0.1) is 5.69 Å². The van der Waals surface area contributed by atoms with Gasteiger partial charge in [-0.15, -0.1) is 0 Å². The lowest BCUT2D eigenvalue weighted by molar-refractivity contribution is 0.476. The van der Waals surface area contributed by atoms with E-state index in [1.807, 2.05) is 31.2 Å². The van der Waals surface area contributed by atoms with Crippen LogP contribution in [-0.2, 0) is 6.54 Å². The first-order valence-corrected chi connectivity index (χ1v) is 4.58. The summed E-state index contributed by atoms with van der Waals surface area (Å²) < 4.78 is 0. The maximum Gasteiger partial charge on any atom is 0.210 e. The molecule has 0 aliphatic carbocycles. The molecule has 74 valence electrons. The molecule has 2 rings (SSSR count). The van der Waals surface area contributed by atoms with Crippen LogP contribution in [0.4, 0.5) is 5.69 Å². The van der Waals surface area contributed by atoms with E-state index in [0.29, 0.717) is 12.5 Å². The zero-order valence-corrected chi connectivity index (χ0v) is 8.41. The summed E-state index contributed by atoms with van der Waals surface area (Å²) in [5.41, 5.74) is 2.36. The number of benzene rings is 1. The fraction of sp³-hybridized carbons (Fsp3) is 0.300. The van der Waals surface area contributed by atoms with Crippen LogP contribution < -0.4 is 10.3 Å². The minimum Gasteiger partial charge on any atom is -0.351 e. The topological polar surface area (TPSA) is 42.4 Å². The Labute approximate surface area is 83.6 Å². The highest BCUT2D eigenvalue weighted by Gasteiger charge is 2.17.